The van der Waals surface area contributed by atoms with Crippen LogP contribution in [0.5, 0.6) is 5.75 Å². The fourth-order valence-electron chi connectivity index (χ4n) is 8.37. The van der Waals surface area contributed by atoms with Gasteiger partial charge in [-0.2, -0.15) is 0 Å². The number of hydrogen-bond acceptors (Lipinski definition) is 6. The zero-order valence-electron chi connectivity index (χ0n) is 29.3. The van der Waals surface area contributed by atoms with E-state index in [1.165, 1.54) is 11.1 Å². The summed E-state index contributed by atoms with van der Waals surface area (Å²) in [5.41, 5.74) is 4.68. The largest absolute Gasteiger partial charge is 0.490 e. The van der Waals surface area contributed by atoms with Crippen molar-refractivity contribution < 1.29 is 23.3 Å². The van der Waals surface area contributed by atoms with Crippen molar-refractivity contribution >= 4 is 39.0 Å². The smallest absolute Gasteiger partial charge is 0.286 e. The molecule has 2 bridgehead atoms. The molecule has 3 heterocycles. The van der Waals surface area contributed by atoms with Gasteiger partial charge in [-0.3, -0.25) is 14.3 Å². The number of anilines is 1. The Kier molecular flexibility index (Phi) is 9.65. The van der Waals surface area contributed by atoms with Gasteiger partial charge in [0.1, 0.15) is 15.7 Å². The van der Waals surface area contributed by atoms with E-state index in [2.05, 4.69) is 38.3 Å². The molecular formula is C39H47ClN4O5S. The lowest BCUT2D eigenvalue weighted by Crippen LogP contribution is -2.49. The molecule has 6 atom stereocenters. The summed E-state index contributed by atoms with van der Waals surface area (Å²) >= 11 is 6.46. The average molecular weight is 719 g/mol. The van der Waals surface area contributed by atoms with Crippen molar-refractivity contribution in [3.05, 3.63) is 93.8 Å². The molecule has 2 amide bonds. The number of allylic oxidation sites excluding steroid dienone is 1. The number of aromatic nitrogens is 1. The zero-order chi connectivity index (χ0) is 35.2. The molecule has 50 heavy (non-hydrogen) atoms. The molecule has 9 nitrogen and oxygen atoms in total. The van der Waals surface area contributed by atoms with Gasteiger partial charge < -0.3 is 18.9 Å². The zero-order valence-corrected chi connectivity index (χ0v) is 30.9. The Morgan fingerprint density at radius 2 is 2.02 bits per heavy atom. The standard InChI is InChI=1S/C39H47ClN4O5S/c1-25-7-5-9-35(48-4)32-13-10-29(32)21-44-23-39(16-6-8-27-18-31(40)12-14-33(27)39)24-49-36-15-11-28(19-34(36)44)37(45)41-50(47,22-25)42-38(46)30-17-26(2)43(3)20-30/h5,9,11-12,14-15,17-20,25,29,32,35H,6-8,10,13,16,21-24H2,1-4H3,(H,41,42,45,46,47)/b9-5+/t25-,29-,32+,35-,39-,50?/m0/s1. The third-order valence-electron chi connectivity index (χ3n) is 11.3. The van der Waals surface area contributed by atoms with Crippen LogP contribution in [0.3, 0.4) is 0 Å². The minimum Gasteiger partial charge on any atom is -0.490 e. The predicted molar refractivity (Wildman–Crippen MR) is 198 cm³/mol. The summed E-state index contributed by atoms with van der Waals surface area (Å²) in [6.45, 7) is 5.87. The van der Waals surface area contributed by atoms with E-state index in [0.717, 1.165) is 61.6 Å². The number of aryl methyl sites for hydroxylation is 3. The third kappa shape index (κ3) is 6.86. The van der Waals surface area contributed by atoms with Gasteiger partial charge in [-0.15, -0.1) is 4.36 Å². The molecule has 1 unspecified atom stereocenters. The molecule has 1 fully saturated rings. The minimum atomic E-state index is -3.50. The molecule has 2 aliphatic carbocycles. The first-order valence-corrected chi connectivity index (χ1v) is 19.8. The van der Waals surface area contributed by atoms with Crippen molar-refractivity contribution in [1.82, 2.24) is 9.29 Å². The lowest BCUT2D eigenvalue weighted by molar-refractivity contribution is 0.0131. The Hall–Kier alpha value is -3.60. The summed E-state index contributed by atoms with van der Waals surface area (Å²) in [5.74, 6) is 0.191. The third-order valence-corrected chi connectivity index (χ3v) is 13.5. The van der Waals surface area contributed by atoms with Crippen LogP contribution in [0, 0.1) is 24.7 Å². The monoisotopic (exact) mass is 718 g/mol. The van der Waals surface area contributed by atoms with Crippen LogP contribution >= 0.6 is 11.6 Å². The Morgan fingerprint density at radius 1 is 1.18 bits per heavy atom. The molecule has 2 aliphatic heterocycles. The van der Waals surface area contributed by atoms with E-state index in [9.17, 15) is 13.8 Å². The van der Waals surface area contributed by atoms with Gasteiger partial charge in [0.15, 0.2) is 0 Å². The second kappa shape index (κ2) is 13.8. The maximum absolute atomic E-state index is 14.5. The van der Waals surface area contributed by atoms with Crippen molar-refractivity contribution in [3.63, 3.8) is 0 Å². The Bertz CT molecular complexity index is 1950. The highest BCUT2D eigenvalue weighted by Gasteiger charge is 2.44. The number of benzene rings is 2. The number of ether oxygens (including phenoxy) is 2. The van der Waals surface area contributed by atoms with Gasteiger partial charge in [-0.05, 0) is 111 Å². The van der Waals surface area contributed by atoms with Crippen LogP contribution in [0.2, 0.25) is 5.02 Å². The van der Waals surface area contributed by atoms with Crippen LogP contribution in [-0.4, -0.2) is 59.3 Å². The van der Waals surface area contributed by atoms with Crippen molar-refractivity contribution in [1.29, 1.82) is 0 Å². The molecule has 0 radical (unpaired) electrons. The number of carbonyl (C=O) groups excluding carboxylic acids is 2. The number of nitrogens with one attached hydrogen (secondary N) is 1. The summed E-state index contributed by atoms with van der Waals surface area (Å²) < 4.78 is 36.0. The fourth-order valence-corrected chi connectivity index (χ4v) is 10.5. The van der Waals surface area contributed by atoms with Gasteiger partial charge in [0.25, 0.3) is 11.8 Å². The number of fused-ring (bicyclic) bond motifs is 4. The molecule has 1 N–H and O–H groups in total. The molecule has 3 aromatic rings. The van der Waals surface area contributed by atoms with Crippen molar-refractivity contribution in [2.45, 2.75) is 63.9 Å². The highest BCUT2D eigenvalue weighted by atomic mass is 35.5. The highest BCUT2D eigenvalue weighted by Crippen LogP contribution is 2.47. The van der Waals surface area contributed by atoms with Gasteiger partial charge in [-0.25, -0.2) is 4.21 Å². The van der Waals surface area contributed by atoms with E-state index in [0.29, 0.717) is 41.7 Å². The lowest BCUT2D eigenvalue weighted by Gasteiger charge is -2.46. The predicted octanol–water partition coefficient (Wildman–Crippen LogP) is 7.05. The van der Waals surface area contributed by atoms with Crippen molar-refractivity contribution in [2.24, 2.45) is 29.2 Å². The van der Waals surface area contributed by atoms with E-state index >= 15 is 0 Å². The Balaban J connectivity index is 1.30. The van der Waals surface area contributed by atoms with Crippen LogP contribution in [-0.2, 0) is 33.5 Å². The topological polar surface area (TPSA) is 102 Å². The summed E-state index contributed by atoms with van der Waals surface area (Å²) in [6.07, 6.45) is 11.6. The molecule has 1 saturated carbocycles. The first kappa shape index (κ1) is 34.8. The van der Waals surface area contributed by atoms with Crippen LogP contribution in [0.4, 0.5) is 5.69 Å². The van der Waals surface area contributed by atoms with Gasteiger partial charge >= 0.3 is 0 Å². The minimum absolute atomic E-state index is 0.0243. The first-order chi connectivity index (χ1) is 24.0. The average Bonchev–Trinajstić information content (AvgIpc) is 3.33. The van der Waals surface area contributed by atoms with Crippen molar-refractivity contribution in [3.8, 4) is 5.75 Å². The second-order valence-corrected chi connectivity index (χ2v) is 17.3. The molecular weight excluding hydrogens is 672 g/mol. The second-order valence-electron chi connectivity index (χ2n) is 14.9. The number of rotatable bonds is 3. The molecule has 266 valence electrons. The first-order valence-electron chi connectivity index (χ1n) is 17.7. The van der Waals surface area contributed by atoms with Crippen molar-refractivity contribution in [2.75, 3.05) is 37.5 Å². The number of nitrogens with zero attached hydrogens (tertiary/aromatic N) is 3. The molecule has 4 aliphatic rings. The quantitative estimate of drug-likeness (QED) is 0.292. The molecule has 0 saturated heterocycles. The van der Waals surface area contributed by atoms with Crippen LogP contribution in [0.25, 0.3) is 0 Å². The van der Waals surface area contributed by atoms with Gasteiger partial charge in [-0.1, -0.05) is 36.7 Å². The highest BCUT2D eigenvalue weighted by molar-refractivity contribution is 7.92. The van der Waals surface area contributed by atoms with E-state index in [1.807, 2.05) is 43.7 Å². The van der Waals surface area contributed by atoms with Crippen LogP contribution in [0.1, 0.15) is 76.6 Å². The SMILES string of the molecule is CO[C@H]1/C=C/C[C@H](C)CS(=O)(NC(=O)c2cc(C)n(C)c2)=NC(=O)c2ccc3c(c2)N(C[C@@H]2CC[C@H]21)C[C@@]1(CCCc2cc(Cl)ccc21)CO3. The van der Waals surface area contributed by atoms with E-state index in [4.69, 9.17) is 21.1 Å². The van der Waals surface area contributed by atoms with E-state index in [-0.39, 0.29) is 23.2 Å². The van der Waals surface area contributed by atoms with Crippen LogP contribution in [0.15, 0.2) is 65.2 Å². The van der Waals surface area contributed by atoms with E-state index < -0.39 is 21.7 Å². The number of methoxy groups -OCH3 is 1. The molecule has 7 rings (SSSR count). The summed E-state index contributed by atoms with van der Waals surface area (Å²) in [7, 11) is 0.113. The number of carbonyl (C=O) groups is 2. The summed E-state index contributed by atoms with van der Waals surface area (Å²) in [4.78, 5) is 29.8. The summed E-state index contributed by atoms with van der Waals surface area (Å²) in [6, 6.07) is 13.3. The molecule has 11 heteroatoms. The fraction of sp³-hybridized carbons (Fsp3) is 0.487. The maximum Gasteiger partial charge on any atom is 0.286 e. The number of halogens is 1. The molecule has 1 spiro atoms. The number of amides is 2. The summed E-state index contributed by atoms with van der Waals surface area (Å²) in [5, 5.41) is 0.743. The molecule has 2 aromatic carbocycles. The Labute approximate surface area is 300 Å². The normalized spacial score (nSPS) is 30.2. The van der Waals surface area contributed by atoms with Crippen LogP contribution < -0.4 is 14.4 Å². The van der Waals surface area contributed by atoms with Gasteiger partial charge in [0, 0.05) is 55.1 Å². The van der Waals surface area contributed by atoms with E-state index in [1.54, 1.807) is 25.4 Å². The number of hydrogen-bond donors (Lipinski definition) is 1. The molecule has 1 aromatic heterocycles. The van der Waals surface area contributed by atoms with Gasteiger partial charge in [0.2, 0.25) is 0 Å². The lowest BCUT2D eigenvalue weighted by atomic mass is 9.68. The van der Waals surface area contributed by atoms with Gasteiger partial charge in [0.05, 0.1) is 29.7 Å². The maximum atomic E-state index is 14.5. The Morgan fingerprint density at radius 3 is 2.76 bits per heavy atom.